The summed E-state index contributed by atoms with van der Waals surface area (Å²) >= 11 is 0. The summed E-state index contributed by atoms with van der Waals surface area (Å²) in [6.45, 7) is 9.36. The first-order valence-corrected chi connectivity index (χ1v) is 7.97. The van der Waals surface area contributed by atoms with Crippen LogP contribution in [0, 0.1) is 0 Å². The second kappa shape index (κ2) is 9.35. The largest absolute Gasteiger partial charge is 0.370 e. The zero-order valence-corrected chi connectivity index (χ0v) is 16.2. The van der Waals surface area contributed by atoms with E-state index in [9.17, 15) is 0 Å². The van der Waals surface area contributed by atoms with Gasteiger partial charge in [0.15, 0.2) is 5.96 Å². The third kappa shape index (κ3) is 5.43. The number of nitrogens with zero attached hydrogens (tertiary/aromatic N) is 2. The predicted octanol–water partition coefficient (Wildman–Crippen LogP) is 2.75. The molecular weight excluding hydrogens is 387 g/mol. The van der Waals surface area contributed by atoms with E-state index in [0.717, 1.165) is 32.5 Å². The lowest BCUT2D eigenvalue weighted by atomic mass is 9.99. The van der Waals surface area contributed by atoms with Gasteiger partial charge in [-0.1, -0.05) is 31.2 Å². The standard InChI is InChI=1S/C17H28N4.HI/c1-4-13(2)20-17(18)19-11-14(3)21-10-9-15-7-5-6-8-16(15)12-21;/h5-8,13-14H,4,9-12H2,1-3H3,(H3,18,19,20);1H. The molecule has 0 saturated carbocycles. The molecule has 0 aliphatic carbocycles. The molecule has 2 atom stereocenters. The van der Waals surface area contributed by atoms with Crippen LogP contribution in [-0.2, 0) is 13.0 Å². The highest BCUT2D eigenvalue weighted by Gasteiger charge is 2.20. The number of nitrogens with one attached hydrogen (secondary N) is 1. The molecule has 3 N–H and O–H groups in total. The van der Waals surface area contributed by atoms with Crippen molar-refractivity contribution < 1.29 is 0 Å². The van der Waals surface area contributed by atoms with E-state index in [-0.39, 0.29) is 24.0 Å². The fourth-order valence-corrected chi connectivity index (χ4v) is 2.64. The number of nitrogens with two attached hydrogens (primary N) is 1. The SMILES string of the molecule is CCC(C)NC(N)=NCC(C)N1CCc2ccccc2C1.I. The van der Waals surface area contributed by atoms with Gasteiger partial charge in [-0.25, -0.2) is 0 Å². The first-order chi connectivity index (χ1) is 10.1. The van der Waals surface area contributed by atoms with Crippen LogP contribution in [0.4, 0.5) is 0 Å². The van der Waals surface area contributed by atoms with Gasteiger partial charge in [-0.3, -0.25) is 9.89 Å². The van der Waals surface area contributed by atoms with Gasteiger partial charge in [0.05, 0.1) is 6.54 Å². The van der Waals surface area contributed by atoms with Crippen molar-refractivity contribution in [1.29, 1.82) is 0 Å². The van der Waals surface area contributed by atoms with Gasteiger partial charge >= 0.3 is 0 Å². The molecule has 22 heavy (non-hydrogen) atoms. The summed E-state index contributed by atoms with van der Waals surface area (Å²) in [4.78, 5) is 6.97. The maximum Gasteiger partial charge on any atom is 0.188 e. The van der Waals surface area contributed by atoms with E-state index in [1.54, 1.807) is 0 Å². The topological polar surface area (TPSA) is 53.6 Å². The van der Waals surface area contributed by atoms with Crippen molar-refractivity contribution >= 4 is 29.9 Å². The van der Waals surface area contributed by atoms with E-state index in [0.29, 0.717) is 18.0 Å². The summed E-state index contributed by atoms with van der Waals surface area (Å²) < 4.78 is 0. The minimum Gasteiger partial charge on any atom is -0.370 e. The number of rotatable bonds is 5. The van der Waals surface area contributed by atoms with Crippen LogP contribution < -0.4 is 11.1 Å². The fourth-order valence-electron chi connectivity index (χ4n) is 2.64. The van der Waals surface area contributed by atoms with Gasteiger partial charge in [0.2, 0.25) is 0 Å². The molecule has 2 unspecified atom stereocenters. The highest BCUT2D eigenvalue weighted by Crippen LogP contribution is 2.20. The molecule has 2 rings (SSSR count). The van der Waals surface area contributed by atoms with Crippen molar-refractivity contribution in [3.8, 4) is 0 Å². The summed E-state index contributed by atoms with van der Waals surface area (Å²) in [5.41, 5.74) is 8.86. The molecule has 1 aromatic rings. The number of fused-ring (bicyclic) bond motifs is 1. The third-order valence-corrected chi connectivity index (χ3v) is 4.32. The average molecular weight is 416 g/mol. The summed E-state index contributed by atoms with van der Waals surface area (Å²) in [5.74, 6) is 0.564. The Balaban J connectivity index is 0.00000242. The highest BCUT2D eigenvalue weighted by molar-refractivity contribution is 14.0. The number of hydrogen-bond donors (Lipinski definition) is 2. The Morgan fingerprint density at radius 3 is 2.68 bits per heavy atom. The number of hydrogen-bond acceptors (Lipinski definition) is 2. The van der Waals surface area contributed by atoms with Crippen molar-refractivity contribution in [3.05, 3.63) is 35.4 Å². The van der Waals surface area contributed by atoms with E-state index < -0.39 is 0 Å². The Kier molecular flexibility index (Phi) is 8.17. The van der Waals surface area contributed by atoms with Gasteiger partial charge in [0.25, 0.3) is 0 Å². The fraction of sp³-hybridized carbons (Fsp3) is 0.588. The molecule has 124 valence electrons. The number of aliphatic imine (C=N–C) groups is 1. The third-order valence-electron chi connectivity index (χ3n) is 4.32. The molecule has 0 fully saturated rings. The zero-order chi connectivity index (χ0) is 15.2. The Labute approximate surface area is 151 Å². The van der Waals surface area contributed by atoms with Crippen LogP contribution in [-0.4, -0.2) is 36.0 Å². The second-order valence-corrected chi connectivity index (χ2v) is 6.02. The number of benzene rings is 1. The first-order valence-electron chi connectivity index (χ1n) is 7.97. The van der Waals surface area contributed by atoms with Crippen molar-refractivity contribution in [2.45, 2.75) is 52.2 Å². The van der Waals surface area contributed by atoms with Gasteiger partial charge in [0.1, 0.15) is 0 Å². The van der Waals surface area contributed by atoms with Gasteiger partial charge in [-0.05, 0) is 37.8 Å². The Hall–Kier alpha value is -0.820. The van der Waals surface area contributed by atoms with Crippen LogP contribution >= 0.6 is 24.0 Å². The first kappa shape index (κ1) is 19.2. The molecule has 5 heteroatoms. The lowest BCUT2D eigenvalue weighted by Gasteiger charge is -2.33. The van der Waals surface area contributed by atoms with Crippen molar-refractivity contribution in [2.75, 3.05) is 13.1 Å². The van der Waals surface area contributed by atoms with E-state index >= 15 is 0 Å². The summed E-state index contributed by atoms with van der Waals surface area (Å²) in [7, 11) is 0. The lowest BCUT2D eigenvalue weighted by molar-refractivity contribution is 0.195. The van der Waals surface area contributed by atoms with Gasteiger partial charge < -0.3 is 11.1 Å². The maximum absolute atomic E-state index is 5.92. The van der Waals surface area contributed by atoms with Crippen LogP contribution in [0.15, 0.2) is 29.3 Å². The van der Waals surface area contributed by atoms with E-state index in [2.05, 4.69) is 60.2 Å². The van der Waals surface area contributed by atoms with Gasteiger partial charge in [0, 0.05) is 25.2 Å². The molecule has 0 amide bonds. The predicted molar refractivity (Wildman–Crippen MR) is 105 cm³/mol. The molecule has 1 heterocycles. The molecule has 0 saturated heterocycles. The molecule has 0 bridgehead atoms. The van der Waals surface area contributed by atoms with E-state index in [4.69, 9.17) is 5.73 Å². The van der Waals surface area contributed by atoms with Crippen molar-refractivity contribution in [1.82, 2.24) is 10.2 Å². The minimum absolute atomic E-state index is 0. The van der Waals surface area contributed by atoms with Gasteiger partial charge in [-0.15, -0.1) is 24.0 Å². The van der Waals surface area contributed by atoms with Crippen LogP contribution in [0.25, 0.3) is 0 Å². The molecule has 0 aromatic heterocycles. The Morgan fingerprint density at radius 2 is 2.00 bits per heavy atom. The minimum atomic E-state index is 0. The molecular formula is C17H29IN4. The maximum atomic E-state index is 5.92. The van der Waals surface area contributed by atoms with Gasteiger partial charge in [-0.2, -0.15) is 0 Å². The highest BCUT2D eigenvalue weighted by atomic mass is 127. The summed E-state index contributed by atoms with van der Waals surface area (Å²) in [6, 6.07) is 9.52. The number of guanidine groups is 1. The van der Waals surface area contributed by atoms with Crippen molar-refractivity contribution in [2.24, 2.45) is 10.7 Å². The summed E-state index contributed by atoms with van der Waals surface area (Å²) in [6.07, 6.45) is 2.18. The van der Waals surface area contributed by atoms with Crippen LogP contribution in [0.2, 0.25) is 0 Å². The Morgan fingerprint density at radius 1 is 1.32 bits per heavy atom. The smallest absolute Gasteiger partial charge is 0.188 e. The molecule has 0 radical (unpaired) electrons. The molecule has 4 nitrogen and oxygen atoms in total. The van der Waals surface area contributed by atoms with Crippen LogP contribution in [0.5, 0.6) is 0 Å². The molecule has 0 spiro atoms. The number of halogens is 1. The van der Waals surface area contributed by atoms with Crippen LogP contribution in [0.3, 0.4) is 0 Å². The zero-order valence-electron chi connectivity index (χ0n) is 13.9. The average Bonchev–Trinajstić information content (AvgIpc) is 2.51. The molecule has 1 aliphatic rings. The molecule has 1 aliphatic heterocycles. The second-order valence-electron chi connectivity index (χ2n) is 6.02. The van der Waals surface area contributed by atoms with E-state index in [1.807, 2.05) is 0 Å². The quantitative estimate of drug-likeness (QED) is 0.441. The monoisotopic (exact) mass is 416 g/mol. The van der Waals surface area contributed by atoms with E-state index in [1.165, 1.54) is 11.1 Å². The van der Waals surface area contributed by atoms with Crippen molar-refractivity contribution in [3.63, 3.8) is 0 Å². The lowest BCUT2D eigenvalue weighted by Crippen LogP contribution is -2.41. The van der Waals surface area contributed by atoms with Crippen LogP contribution in [0.1, 0.15) is 38.3 Å². The Bertz CT molecular complexity index is 489. The normalized spacial score (nSPS) is 18.0. The molecule has 1 aromatic carbocycles. The summed E-state index contributed by atoms with van der Waals surface area (Å²) in [5, 5.41) is 3.21.